The highest BCUT2D eigenvalue weighted by atomic mass is 32.1. The molecule has 0 N–H and O–H groups in total. The maximum atomic E-state index is 2.27. The van der Waals surface area contributed by atoms with Crippen molar-refractivity contribution in [1.82, 2.24) is 0 Å². The standard InChI is InChI=1S/C13H10S.C12H8S/c1-9-6-7-13-11(8-9)10-4-2-3-5-12(10)14-13;1-3-7-11-9(5-1)10-6-2-4-8-12(10)13-11/h2-8H,1H3;1-8H. The summed E-state index contributed by atoms with van der Waals surface area (Å²) in [7, 11) is 0. The minimum atomic E-state index is 1.33. The molecule has 0 spiro atoms. The molecular weight excluding hydrogens is 364 g/mol. The van der Waals surface area contributed by atoms with Crippen LogP contribution in [0.25, 0.3) is 40.3 Å². The third-order valence-corrected chi connectivity index (χ3v) is 7.12. The van der Waals surface area contributed by atoms with Crippen molar-refractivity contribution in [3.05, 3.63) is 96.6 Å². The van der Waals surface area contributed by atoms with Gasteiger partial charge in [0.25, 0.3) is 0 Å². The van der Waals surface area contributed by atoms with Crippen molar-refractivity contribution in [1.29, 1.82) is 0 Å². The van der Waals surface area contributed by atoms with Gasteiger partial charge >= 0.3 is 0 Å². The lowest BCUT2D eigenvalue weighted by Gasteiger charge is -1.92. The third kappa shape index (κ3) is 3.01. The smallest absolute Gasteiger partial charge is 0.0355 e. The van der Waals surface area contributed by atoms with Gasteiger partial charge in [0.05, 0.1) is 0 Å². The topological polar surface area (TPSA) is 0 Å². The van der Waals surface area contributed by atoms with E-state index >= 15 is 0 Å². The highest BCUT2D eigenvalue weighted by Gasteiger charge is 2.03. The summed E-state index contributed by atoms with van der Waals surface area (Å²) in [4.78, 5) is 0. The van der Waals surface area contributed by atoms with Crippen LogP contribution in [0.1, 0.15) is 5.56 Å². The molecule has 0 bridgehead atoms. The van der Waals surface area contributed by atoms with E-state index in [1.54, 1.807) is 0 Å². The van der Waals surface area contributed by atoms with Crippen molar-refractivity contribution in [2.75, 3.05) is 0 Å². The van der Waals surface area contributed by atoms with Gasteiger partial charge in [0, 0.05) is 40.3 Å². The highest BCUT2D eigenvalue weighted by Crippen LogP contribution is 2.34. The number of benzene rings is 4. The fraction of sp³-hybridized carbons (Fsp3) is 0.0400. The van der Waals surface area contributed by atoms with E-state index in [-0.39, 0.29) is 0 Å². The second-order valence-corrected chi connectivity index (χ2v) is 8.86. The fourth-order valence-corrected chi connectivity index (χ4v) is 5.71. The Balaban J connectivity index is 0.000000119. The van der Waals surface area contributed by atoms with Crippen LogP contribution in [0.15, 0.2) is 91.0 Å². The third-order valence-electron chi connectivity index (χ3n) is 4.82. The van der Waals surface area contributed by atoms with Crippen molar-refractivity contribution in [3.8, 4) is 0 Å². The van der Waals surface area contributed by atoms with Gasteiger partial charge in [-0.1, -0.05) is 66.2 Å². The van der Waals surface area contributed by atoms with Crippen LogP contribution >= 0.6 is 22.7 Å². The molecule has 0 saturated heterocycles. The Morgan fingerprint density at radius 3 is 1.37 bits per heavy atom. The molecule has 0 radical (unpaired) electrons. The molecule has 0 nitrogen and oxygen atoms in total. The van der Waals surface area contributed by atoms with Crippen molar-refractivity contribution >= 4 is 63.0 Å². The maximum Gasteiger partial charge on any atom is 0.0355 e. The molecule has 2 aromatic heterocycles. The molecule has 4 aromatic carbocycles. The Hall–Kier alpha value is -2.68. The number of aryl methyl sites for hydroxylation is 1. The van der Waals surface area contributed by atoms with E-state index in [1.165, 1.54) is 45.9 Å². The summed E-state index contributed by atoms with van der Waals surface area (Å²) in [5.74, 6) is 0. The quantitative estimate of drug-likeness (QED) is 0.247. The van der Waals surface area contributed by atoms with Crippen molar-refractivity contribution in [3.63, 3.8) is 0 Å². The lowest BCUT2D eigenvalue weighted by Crippen LogP contribution is -1.69. The van der Waals surface area contributed by atoms with E-state index in [1.807, 2.05) is 22.7 Å². The van der Waals surface area contributed by atoms with Crippen LogP contribution in [0.4, 0.5) is 0 Å². The van der Waals surface area contributed by atoms with Gasteiger partial charge in [-0.3, -0.25) is 0 Å². The zero-order valence-corrected chi connectivity index (χ0v) is 16.6. The average Bonchev–Trinajstić information content (AvgIpc) is 3.26. The molecule has 6 aromatic rings. The van der Waals surface area contributed by atoms with Crippen LogP contribution in [0.5, 0.6) is 0 Å². The van der Waals surface area contributed by atoms with Gasteiger partial charge < -0.3 is 0 Å². The molecular formula is C25H18S2. The summed E-state index contributed by atoms with van der Waals surface area (Å²) in [6, 6.07) is 32.4. The van der Waals surface area contributed by atoms with Crippen molar-refractivity contribution in [2.45, 2.75) is 6.92 Å². The van der Waals surface area contributed by atoms with E-state index in [2.05, 4.69) is 97.9 Å². The molecule has 0 saturated carbocycles. The number of thiophene rings is 2. The Labute approximate surface area is 166 Å². The van der Waals surface area contributed by atoms with E-state index in [0.717, 1.165) is 0 Å². The molecule has 130 valence electrons. The Kier molecular flexibility index (Phi) is 4.16. The summed E-state index contributed by atoms with van der Waals surface area (Å²) in [6.07, 6.45) is 0. The van der Waals surface area contributed by atoms with E-state index in [0.29, 0.717) is 0 Å². The van der Waals surface area contributed by atoms with Gasteiger partial charge in [-0.25, -0.2) is 0 Å². The van der Waals surface area contributed by atoms with Crippen LogP contribution in [0, 0.1) is 6.92 Å². The number of hydrogen-bond acceptors (Lipinski definition) is 2. The van der Waals surface area contributed by atoms with E-state index in [4.69, 9.17) is 0 Å². The first-order valence-corrected chi connectivity index (χ1v) is 10.7. The first-order chi connectivity index (χ1) is 13.3. The Morgan fingerprint density at radius 2 is 0.852 bits per heavy atom. The lowest BCUT2D eigenvalue weighted by atomic mass is 10.1. The Morgan fingerprint density at radius 1 is 0.444 bits per heavy atom. The predicted octanol–water partition coefficient (Wildman–Crippen LogP) is 8.42. The van der Waals surface area contributed by atoms with Gasteiger partial charge in [0.2, 0.25) is 0 Å². The van der Waals surface area contributed by atoms with Crippen molar-refractivity contribution in [2.24, 2.45) is 0 Å². The molecule has 2 heteroatoms. The molecule has 0 fully saturated rings. The number of rotatable bonds is 0. The molecule has 27 heavy (non-hydrogen) atoms. The average molecular weight is 383 g/mol. The molecule has 2 heterocycles. The van der Waals surface area contributed by atoms with Gasteiger partial charge in [-0.2, -0.15) is 0 Å². The molecule has 6 rings (SSSR count). The fourth-order valence-electron chi connectivity index (χ4n) is 3.51. The van der Waals surface area contributed by atoms with E-state index < -0.39 is 0 Å². The highest BCUT2D eigenvalue weighted by molar-refractivity contribution is 7.26. The monoisotopic (exact) mass is 382 g/mol. The predicted molar refractivity (Wildman–Crippen MR) is 123 cm³/mol. The van der Waals surface area contributed by atoms with Gasteiger partial charge in [0.15, 0.2) is 0 Å². The second-order valence-electron chi connectivity index (χ2n) is 6.69. The largest absolute Gasteiger partial charge is 0.135 e. The zero-order chi connectivity index (χ0) is 18.2. The molecule has 0 unspecified atom stereocenters. The molecule has 0 aliphatic carbocycles. The van der Waals surface area contributed by atoms with Crippen LogP contribution in [-0.2, 0) is 0 Å². The minimum absolute atomic E-state index is 1.33. The maximum absolute atomic E-state index is 2.27. The number of hydrogen-bond donors (Lipinski definition) is 0. The number of fused-ring (bicyclic) bond motifs is 6. The summed E-state index contributed by atoms with van der Waals surface area (Å²) in [6.45, 7) is 2.14. The lowest BCUT2D eigenvalue weighted by molar-refractivity contribution is 1.52. The molecule has 0 aliphatic rings. The summed E-state index contributed by atoms with van der Waals surface area (Å²) >= 11 is 3.73. The van der Waals surface area contributed by atoms with Crippen LogP contribution in [0.3, 0.4) is 0 Å². The van der Waals surface area contributed by atoms with Crippen LogP contribution in [0.2, 0.25) is 0 Å². The normalized spacial score (nSPS) is 11.1. The summed E-state index contributed by atoms with van der Waals surface area (Å²) < 4.78 is 5.53. The van der Waals surface area contributed by atoms with Gasteiger partial charge in [-0.15, -0.1) is 22.7 Å². The summed E-state index contributed by atoms with van der Waals surface area (Å²) in [5, 5.41) is 5.54. The van der Waals surface area contributed by atoms with Crippen LogP contribution < -0.4 is 0 Å². The first-order valence-electron chi connectivity index (χ1n) is 9.04. The van der Waals surface area contributed by atoms with Gasteiger partial charge in [0.1, 0.15) is 0 Å². The molecule has 0 amide bonds. The molecule has 0 aliphatic heterocycles. The second kappa shape index (κ2) is 6.80. The van der Waals surface area contributed by atoms with Gasteiger partial charge in [-0.05, 0) is 37.3 Å². The minimum Gasteiger partial charge on any atom is -0.135 e. The SMILES string of the molecule is Cc1ccc2sc3ccccc3c2c1.c1ccc2c(c1)sc1ccccc12. The van der Waals surface area contributed by atoms with Crippen LogP contribution in [-0.4, -0.2) is 0 Å². The molecule has 0 atom stereocenters. The Bertz CT molecular complexity index is 1340. The first kappa shape index (κ1) is 16.5. The van der Waals surface area contributed by atoms with Crippen molar-refractivity contribution < 1.29 is 0 Å². The zero-order valence-electron chi connectivity index (χ0n) is 15.0. The van der Waals surface area contributed by atoms with E-state index in [9.17, 15) is 0 Å². The summed E-state index contributed by atoms with van der Waals surface area (Å²) in [5.41, 5.74) is 1.33.